The van der Waals surface area contributed by atoms with Gasteiger partial charge in [-0.2, -0.15) is 0 Å². The van der Waals surface area contributed by atoms with Gasteiger partial charge in [-0.3, -0.25) is 4.79 Å². The van der Waals surface area contributed by atoms with E-state index in [-0.39, 0.29) is 11.8 Å². The SMILES string of the molecule is CNC(C(=O)c1ccc(C)cc1C)C(C)C. The number of likely N-dealkylation sites (N-methyl/N-ethyl adjacent to an activating group) is 1. The number of aryl methyl sites for hydroxylation is 2. The first kappa shape index (κ1) is 12.9. The number of Topliss-reactive ketones (excluding diaryl/α,β-unsaturated/α-hetero) is 1. The van der Waals surface area contributed by atoms with Crippen molar-refractivity contribution in [1.29, 1.82) is 0 Å². The maximum atomic E-state index is 12.3. The molecule has 1 aromatic rings. The first-order chi connectivity index (χ1) is 7.47. The Morgan fingerprint density at radius 1 is 1.25 bits per heavy atom. The number of carbonyl (C=O) groups is 1. The first-order valence-corrected chi connectivity index (χ1v) is 5.76. The maximum Gasteiger partial charge on any atom is 0.180 e. The van der Waals surface area contributed by atoms with Gasteiger partial charge in [-0.05, 0) is 32.4 Å². The molecule has 0 fully saturated rings. The molecule has 1 unspecified atom stereocenters. The number of rotatable bonds is 4. The lowest BCUT2D eigenvalue weighted by Gasteiger charge is -2.19. The molecule has 0 bridgehead atoms. The molecule has 2 heteroatoms. The van der Waals surface area contributed by atoms with Gasteiger partial charge in [0, 0.05) is 5.56 Å². The summed E-state index contributed by atoms with van der Waals surface area (Å²) in [4.78, 5) is 12.3. The summed E-state index contributed by atoms with van der Waals surface area (Å²) in [5.74, 6) is 0.494. The van der Waals surface area contributed by atoms with E-state index in [1.165, 1.54) is 5.56 Å². The zero-order valence-corrected chi connectivity index (χ0v) is 10.8. The molecule has 1 rings (SSSR count). The molecule has 1 aromatic carbocycles. The van der Waals surface area contributed by atoms with Crippen LogP contribution in [-0.4, -0.2) is 18.9 Å². The molecule has 0 heterocycles. The third-order valence-electron chi connectivity index (χ3n) is 2.91. The monoisotopic (exact) mass is 219 g/mol. The lowest BCUT2D eigenvalue weighted by atomic mass is 9.92. The van der Waals surface area contributed by atoms with Crippen LogP contribution in [0, 0.1) is 19.8 Å². The van der Waals surface area contributed by atoms with E-state index < -0.39 is 0 Å². The van der Waals surface area contributed by atoms with Gasteiger partial charge in [-0.1, -0.05) is 37.6 Å². The van der Waals surface area contributed by atoms with E-state index in [2.05, 4.69) is 25.2 Å². The number of nitrogens with one attached hydrogen (secondary N) is 1. The highest BCUT2D eigenvalue weighted by Crippen LogP contribution is 2.15. The highest BCUT2D eigenvalue weighted by molar-refractivity contribution is 6.01. The van der Waals surface area contributed by atoms with Crippen LogP contribution in [0.1, 0.15) is 35.3 Å². The smallest absolute Gasteiger partial charge is 0.180 e. The lowest BCUT2D eigenvalue weighted by Crippen LogP contribution is -2.38. The van der Waals surface area contributed by atoms with E-state index in [9.17, 15) is 4.79 Å². The molecule has 0 saturated heterocycles. The van der Waals surface area contributed by atoms with E-state index in [4.69, 9.17) is 0 Å². The summed E-state index contributed by atoms with van der Waals surface area (Å²) in [6.45, 7) is 8.15. The van der Waals surface area contributed by atoms with Gasteiger partial charge < -0.3 is 5.32 Å². The van der Waals surface area contributed by atoms with Crippen molar-refractivity contribution >= 4 is 5.78 Å². The minimum atomic E-state index is -0.0959. The summed E-state index contributed by atoms with van der Waals surface area (Å²) in [6, 6.07) is 5.88. The number of ketones is 1. The first-order valence-electron chi connectivity index (χ1n) is 5.76. The van der Waals surface area contributed by atoms with Gasteiger partial charge >= 0.3 is 0 Å². The Balaban J connectivity index is 3.04. The van der Waals surface area contributed by atoms with Crippen LogP contribution in [0.4, 0.5) is 0 Å². The maximum absolute atomic E-state index is 12.3. The second-order valence-corrected chi connectivity index (χ2v) is 4.69. The lowest BCUT2D eigenvalue weighted by molar-refractivity contribution is 0.0922. The molecule has 16 heavy (non-hydrogen) atoms. The Morgan fingerprint density at radius 3 is 2.31 bits per heavy atom. The van der Waals surface area contributed by atoms with Crippen molar-refractivity contribution in [2.24, 2.45) is 5.92 Å². The predicted octanol–water partition coefficient (Wildman–Crippen LogP) is 2.73. The van der Waals surface area contributed by atoms with Gasteiger partial charge in [0.2, 0.25) is 0 Å². The predicted molar refractivity (Wildman–Crippen MR) is 67.9 cm³/mol. The molecule has 0 aromatic heterocycles. The molecule has 0 amide bonds. The summed E-state index contributed by atoms with van der Waals surface area (Å²) < 4.78 is 0. The molecule has 1 N–H and O–H groups in total. The zero-order valence-electron chi connectivity index (χ0n) is 10.8. The van der Waals surface area contributed by atoms with Crippen molar-refractivity contribution in [2.45, 2.75) is 33.7 Å². The Bertz CT molecular complexity index is 382. The van der Waals surface area contributed by atoms with Gasteiger partial charge in [0.1, 0.15) is 0 Å². The van der Waals surface area contributed by atoms with Gasteiger partial charge in [-0.25, -0.2) is 0 Å². The standard InChI is InChI=1S/C14H21NO/c1-9(2)13(15-5)14(16)12-7-6-10(3)8-11(12)4/h6-9,13,15H,1-5H3. The van der Waals surface area contributed by atoms with Crippen LogP contribution in [0.3, 0.4) is 0 Å². The van der Waals surface area contributed by atoms with Crippen molar-refractivity contribution in [2.75, 3.05) is 7.05 Å². The van der Waals surface area contributed by atoms with Crippen molar-refractivity contribution in [3.8, 4) is 0 Å². The molecule has 1 atom stereocenters. The van der Waals surface area contributed by atoms with Gasteiger partial charge in [-0.15, -0.1) is 0 Å². The minimum Gasteiger partial charge on any atom is -0.310 e. The van der Waals surface area contributed by atoms with Crippen LogP contribution in [0.2, 0.25) is 0 Å². The summed E-state index contributed by atoms with van der Waals surface area (Å²) in [7, 11) is 1.84. The summed E-state index contributed by atoms with van der Waals surface area (Å²) in [5.41, 5.74) is 3.09. The van der Waals surface area contributed by atoms with E-state index in [0.717, 1.165) is 11.1 Å². The van der Waals surface area contributed by atoms with E-state index in [1.807, 2.05) is 33.0 Å². The Kier molecular flexibility index (Phi) is 4.25. The molecule has 88 valence electrons. The van der Waals surface area contributed by atoms with Gasteiger partial charge in [0.15, 0.2) is 5.78 Å². The topological polar surface area (TPSA) is 29.1 Å². The average Bonchev–Trinajstić information content (AvgIpc) is 2.17. The normalized spacial score (nSPS) is 12.9. The fourth-order valence-electron chi connectivity index (χ4n) is 2.02. The molecule has 2 nitrogen and oxygen atoms in total. The Hall–Kier alpha value is -1.15. The van der Waals surface area contributed by atoms with Crippen LogP contribution in [0.5, 0.6) is 0 Å². The number of hydrogen-bond donors (Lipinski definition) is 1. The fraction of sp³-hybridized carbons (Fsp3) is 0.500. The van der Waals surface area contributed by atoms with Crippen molar-refractivity contribution in [3.63, 3.8) is 0 Å². The van der Waals surface area contributed by atoms with Gasteiger partial charge in [0.05, 0.1) is 6.04 Å². The molecular weight excluding hydrogens is 198 g/mol. The second kappa shape index (κ2) is 5.26. The molecular formula is C14H21NO. The van der Waals surface area contributed by atoms with Crippen molar-refractivity contribution in [1.82, 2.24) is 5.32 Å². The largest absolute Gasteiger partial charge is 0.310 e. The van der Waals surface area contributed by atoms with Gasteiger partial charge in [0.25, 0.3) is 0 Å². The molecule has 0 spiro atoms. The second-order valence-electron chi connectivity index (χ2n) is 4.69. The van der Waals surface area contributed by atoms with E-state index in [1.54, 1.807) is 0 Å². The molecule has 0 radical (unpaired) electrons. The molecule has 0 aliphatic rings. The third-order valence-corrected chi connectivity index (χ3v) is 2.91. The third kappa shape index (κ3) is 2.70. The quantitative estimate of drug-likeness (QED) is 0.789. The summed E-state index contributed by atoms with van der Waals surface area (Å²) in [5, 5.41) is 3.09. The zero-order chi connectivity index (χ0) is 12.3. The van der Waals surface area contributed by atoms with Crippen LogP contribution >= 0.6 is 0 Å². The highest BCUT2D eigenvalue weighted by atomic mass is 16.1. The number of carbonyl (C=O) groups excluding carboxylic acids is 1. The molecule has 0 aliphatic carbocycles. The van der Waals surface area contributed by atoms with Crippen molar-refractivity contribution < 1.29 is 4.79 Å². The molecule has 0 aliphatic heterocycles. The van der Waals surface area contributed by atoms with Crippen LogP contribution < -0.4 is 5.32 Å². The van der Waals surface area contributed by atoms with E-state index in [0.29, 0.717) is 5.92 Å². The Morgan fingerprint density at radius 2 is 1.88 bits per heavy atom. The number of benzene rings is 1. The Labute approximate surface area is 98.1 Å². The van der Waals surface area contributed by atoms with E-state index >= 15 is 0 Å². The summed E-state index contributed by atoms with van der Waals surface area (Å²) in [6.07, 6.45) is 0. The van der Waals surface area contributed by atoms with Crippen LogP contribution in [0.15, 0.2) is 18.2 Å². The fourth-order valence-corrected chi connectivity index (χ4v) is 2.02. The minimum absolute atomic E-state index is 0.0959. The average molecular weight is 219 g/mol. The number of hydrogen-bond acceptors (Lipinski definition) is 2. The molecule has 0 saturated carbocycles. The van der Waals surface area contributed by atoms with Crippen LogP contribution in [0.25, 0.3) is 0 Å². The van der Waals surface area contributed by atoms with Crippen LogP contribution in [-0.2, 0) is 0 Å². The summed E-state index contributed by atoms with van der Waals surface area (Å²) >= 11 is 0. The van der Waals surface area contributed by atoms with Crippen molar-refractivity contribution in [3.05, 3.63) is 34.9 Å². The highest BCUT2D eigenvalue weighted by Gasteiger charge is 2.22.